The minimum absolute atomic E-state index is 0.0628. The van der Waals surface area contributed by atoms with E-state index in [1.807, 2.05) is 24.4 Å². The largest absolute Gasteiger partial charge is 0.351 e. The third kappa shape index (κ3) is 2.05. The highest BCUT2D eigenvalue weighted by Gasteiger charge is 2.10. The van der Waals surface area contributed by atoms with Crippen LogP contribution in [0.25, 0.3) is 5.65 Å². The first-order valence-corrected chi connectivity index (χ1v) is 5.53. The lowest BCUT2D eigenvalue weighted by Crippen LogP contribution is -2.25. The van der Waals surface area contributed by atoms with Crippen molar-refractivity contribution in [3.8, 4) is 0 Å². The van der Waals surface area contributed by atoms with Crippen molar-refractivity contribution in [2.24, 2.45) is 0 Å². The van der Waals surface area contributed by atoms with E-state index in [2.05, 4.69) is 17.2 Å². The topological polar surface area (TPSA) is 46.4 Å². The van der Waals surface area contributed by atoms with Crippen LogP contribution in [0.15, 0.2) is 30.6 Å². The van der Waals surface area contributed by atoms with Gasteiger partial charge in [-0.1, -0.05) is 19.4 Å². The molecule has 2 aromatic heterocycles. The molecule has 84 valence electrons. The maximum Gasteiger partial charge on any atom is 0.269 e. The summed E-state index contributed by atoms with van der Waals surface area (Å²) >= 11 is 0. The number of amides is 1. The molecule has 2 rings (SSSR count). The molecule has 0 saturated heterocycles. The molecule has 0 saturated carbocycles. The smallest absolute Gasteiger partial charge is 0.269 e. The molecule has 0 radical (unpaired) electrons. The van der Waals surface area contributed by atoms with Crippen LogP contribution in [0.4, 0.5) is 0 Å². The van der Waals surface area contributed by atoms with Crippen molar-refractivity contribution in [2.75, 3.05) is 6.54 Å². The monoisotopic (exact) mass is 217 g/mol. The van der Waals surface area contributed by atoms with Crippen LogP contribution in [0, 0.1) is 0 Å². The molecule has 1 amide bonds. The van der Waals surface area contributed by atoms with E-state index in [-0.39, 0.29) is 5.91 Å². The van der Waals surface area contributed by atoms with Gasteiger partial charge in [-0.25, -0.2) is 4.98 Å². The van der Waals surface area contributed by atoms with Crippen molar-refractivity contribution in [2.45, 2.75) is 19.8 Å². The molecule has 0 bridgehead atoms. The number of hydrogen-bond donors (Lipinski definition) is 1. The Morgan fingerprint density at radius 3 is 3.19 bits per heavy atom. The van der Waals surface area contributed by atoms with E-state index in [0.29, 0.717) is 5.69 Å². The number of pyridine rings is 1. The molecule has 1 N–H and O–H groups in total. The molecule has 0 aromatic carbocycles. The van der Waals surface area contributed by atoms with Crippen LogP contribution in [0.2, 0.25) is 0 Å². The van der Waals surface area contributed by atoms with Gasteiger partial charge in [0.25, 0.3) is 5.91 Å². The van der Waals surface area contributed by atoms with Crippen LogP contribution in [0.1, 0.15) is 30.3 Å². The molecule has 0 aliphatic carbocycles. The number of nitrogens with one attached hydrogen (secondary N) is 1. The standard InChI is InChI=1S/C12H15N3O/c1-2-3-7-13-12(16)10-9-14-11-6-4-5-8-15(10)11/h4-6,8-9H,2-3,7H2,1H3,(H,13,16). The summed E-state index contributed by atoms with van der Waals surface area (Å²) in [6, 6.07) is 5.67. The van der Waals surface area contributed by atoms with E-state index < -0.39 is 0 Å². The second-order valence-corrected chi connectivity index (χ2v) is 3.68. The molecular weight excluding hydrogens is 202 g/mol. The predicted octanol–water partition coefficient (Wildman–Crippen LogP) is 1.86. The number of aromatic nitrogens is 2. The number of fused-ring (bicyclic) bond motifs is 1. The second kappa shape index (κ2) is 4.79. The number of imidazole rings is 1. The summed E-state index contributed by atoms with van der Waals surface area (Å²) in [6.07, 6.45) is 5.53. The minimum Gasteiger partial charge on any atom is -0.351 e. The summed E-state index contributed by atoms with van der Waals surface area (Å²) in [7, 11) is 0. The van der Waals surface area contributed by atoms with Gasteiger partial charge in [0.1, 0.15) is 11.3 Å². The third-order valence-corrected chi connectivity index (χ3v) is 2.47. The first kappa shape index (κ1) is 10.7. The summed E-state index contributed by atoms with van der Waals surface area (Å²) in [5, 5.41) is 2.88. The van der Waals surface area contributed by atoms with Crippen molar-refractivity contribution in [1.82, 2.24) is 14.7 Å². The lowest BCUT2D eigenvalue weighted by Gasteiger charge is -2.03. The fraction of sp³-hybridized carbons (Fsp3) is 0.333. The highest BCUT2D eigenvalue weighted by Crippen LogP contribution is 2.05. The van der Waals surface area contributed by atoms with E-state index in [0.717, 1.165) is 25.0 Å². The van der Waals surface area contributed by atoms with Gasteiger partial charge >= 0.3 is 0 Å². The average molecular weight is 217 g/mol. The number of carbonyl (C=O) groups is 1. The van der Waals surface area contributed by atoms with Crippen molar-refractivity contribution in [3.63, 3.8) is 0 Å². The van der Waals surface area contributed by atoms with Gasteiger partial charge in [0.05, 0.1) is 6.20 Å². The molecule has 2 heterocycles. The predicted molar refractivity (Wildman–Crippen MR) is 62.4 cm³/mol. The van der Waals surface area contributed by atoms with Crippen LogP contribution in [-0.2, 0) is 0 Å². The second-order valence-electron chi connectivity index (χ2n) is 3.68. The number of nitrogens with zero attached hydrogens (tertiary/aromatic N) is 2. The number of carbonyl (C=O) groups excluding carboxylic acids is 1. The third-order valence-electron chi connectivity index (χ3n) is 2.47. The average Bonchev–Trinajstić information content (AvgIpc) is 2.73. The van der Waals surface area contributed by atoms with Gasteiger partial charge in [-0.2, -0.15) is 0 Å². The molecule has 4 nitrogen and oxygen atoms in total. The van der Waals surface area contributed by atoms with Gasteiger partial charge in [0.15, 0.2) is 0 Å². The lowest BCUT2D eigenvalue weighted by atomic mass is 10.3. The molecular formula is C12H15N3O. The highest BCUT2D eigenvalue weighted by atomic mass is 16.1. The van der Waals surface area contributed by atoms with Gasteiger partial charge in [0, 0.05) is 12.7 Å². The Morgan fingerprint density at radius 1 is 1.50 bits per heavy atom. The Balaban J connectivity index is 2.17. The molecule has 0 atom stereocenters. The fourth-order valence-electron chi connectivity index (χ4n) is 1.57. The van der Waals surface area contributed by atoms with Crippen LogP contribution >= 0.6 is 0 Å². The van der Waals surface area contributed by atoms with Gasteiger partial charge in [0.2, 0.25) is 0 Å². The normalized spacial score (nSPS) is 10.6. The highest BCUT2D eigenvalue weighted by molar-refractivity contribution is 5.93. The van der Waals surface area contributed by atoms with Gasteiger partial charge in [-0.3, -0.25) is 9.20 Å². The first-order chi connectivity index (χ1) is 7.83. The molecule has 0 aliphatic rings. The summed E-state index contributed by atoms with van der Waals surface area (Å²) in [4.78, 5) is 16.0. The summed E-state index contributed by atoms with van der Waals surface area (Å²) in [6.45, 7) is 2.82. The minimum atomic E-state index is -0.0628. The first-order valence-electron chi connectivity index (χ1n) is 5.53. The Morgan fingerprint density at radius 2 is 2.38 bits per heavy atom. The van der Waals surface area contributed by atoms with Crippen LogP contribution in [0.3, 0.4) is 0 Å². The van der Waals surface area contributed by atoms with Crippen molar-refractivity contribution in [3.05, 3.63) is 36.3 Å². The molecule has 0 spiro atoms. The van der Waals surface area contributed by atoms with Crippen LogP contribution < -0.4 is 5.32 Å². The van der Waals surface area contributed by atoms with E-state index in [1.165, 1.54) is 0 Å². The fourth-order valence-corrected chi connectivity index (χ4v) is 1.57. The van der Waals surface area contributed by atoms with Crippen LogP contribution in [-0.4, -0.2) is 21.8 Å². The Labute approximate surface area is 94.3 Å². The summed E-state index contributed by atoms with van der Waals surface area (Å²) in [5.41, 5.74) is 1.38. The summed E-state index contributed by atoms with van der Waals surface area (Å²) in [5.74, 6) is -0.0628. The van der Waals surface area contributed by atoms with Gasteiger partial charge in [-0.05, 0) is 18.6 Å². The Kier molecular flexibility index (Phi) is 3.19. The van der Waals surface area contributed by atoms with Gasteiger partial charge in [-0.15, -0.1) is 0 Å². The Bertz CT molecular complexity index is 490. The van der Waals surface area contributed by atoms with E-state index >= 15 is 0 Å². The number of rotatable bonds is 4. The molecule has 4 heteroatoms. The number of unbranched alkanes of at least 4 members (excludes halogenated alkanes) is 1. The Hall–Kier alpha value is -1.84. The van der Waals surface area contributed by atoms with Crippen molar-refractivity contribution < 1.29 is 4.79 Å². The molecule has 2 aromatic rings. The van der Waals surface area contributed by atoms with E-state index in [1.54, 1.807) is 10.6 Å². The zero-order valence-corrected chi connectivity index (χ0v) is 9.31. The molecule has 0 fully saturated rings. The van der Waals surface area contributed by atoms with Crippen molar-refractivity contribution in [1.29, 1.82) is 0 Å². The molecule has 0 unspecified atom stereocenters. The maximum atomic E-state index is 11.8. The zero-order valence-electron chi connectivity index (χ0n) is 9.31. The van der Waals surface area contributed by atoms with E-state index in [4.69, 9.17) is 0 Å². The number of hydrogen-bond acceptors (Lipinski definition) is 2. The zero-order chi connectivity index (χ0) is 11.4. The SMILES string of the molecule is CCCCNC(=O)c1cnc2ccccn12. The lowest BCUT2D eigenvalue weighted by molar-refractivity contribution is 0.0947. The maximum absolute atomic E-state index is 11.8. The molecule has 16 heavy (non-hydrogen) atoms. The van der Waals surface area contributed by atoms with Gasteiger partial charge < -0.3 is 5.32 Å². The molecule has 0 aliphatic heterocycles. The van der Waals surface area contributed by atoms with Crippen molar-refractivity contribution >= 4 is 11.6 Å². The summed E-state index contributed by atoms with van der Waals surface area (Å²) < 4.78 is 1.79. The van der Waals surface area contributed by atoms with E-state index in [9.17, 15) is 4.79 Å². The van der Waals surface area contributed by atoms with Crippen LogP contribution in [0.5, 0.6) is 0 Å². The quantitative estimate of drug-likeness (QED) is 0.795.